The molecule has 3 rings (SSSR count). The van der Waals surface area contributed by atoms with Crippen molar-refractivity contribution in [1.82, 2.24) is 0 Å². The van der Waals surface area contributed by atoms with Gasteiger partial charge in [0.15, 0.2) is 6.10 Å². The fourth-order valence-corrected chi connectivity index (χ4v) is 2.08. The van der Waals surface area contributed by atoms with E-state index in [1.54, 1.807) is 0 Å². The summed E-state index contributed by atoms with van der Waals surface area (Å²) in [5.41, 5.74) is 1.04. The van der Waals surface area contributed by atoms with Crippen molar-refractivity contribution in [2.75, 3.05) is 0 Å². The minimum Gasteiger partial charge on any atom is -0.453 e. The Morgan fingerprint density at radius 1 is 1.12 bits per heavy atom. The molecule has 4 atom stereocenters. The van der Waals surface area contributed by atoms with Crippen LogP contribution in [0.1, 0.15) is 11.7 Å². The highest BCUT2D eigenvalue weighted by Gasteiger charge is 2.50. The normalized spacial score (nSPS) is 35.5. The molecular formula is C13H12O4. The third kappa shape index (κ3) is 1.97. The topological polar surface area (TPSA) is 59.1 Å². The number of aliphatic hydroxyl groups excluding tert-OH is 1. The van der Waals surface area contributed by atoms with E-state index in [4.69, 9.17) is 9.47 Å². The Labute approximate surface area is 98.5 Å². The van der Waals surface area contributed by atoms with Crippen molar-refractivity contribution in [2.45, 2.75) is 24.4 Å². The van der Waals surface area contributed by atoms with Crippen LogP contribution in [0.5, 0.6) is 0 Å². The molecule has 2 aliphatic rings. The largest absolute Gasteiger partial charge is 0.453 e. The molecule has 4 nitrogen and oxygen atoms in total. The Hall–Kier alpha value is -1.65. The average molecular weight is 232 g/mol. The minimum atomic E-state index is -0.786. The van der Waals surface area contributed by atoms with E-state index in [0.717, 1.165) is 5.56 Å². The fraction of sp³-hybridized carbons (Fsp3) is 0.308. The van der Waals surface area contributed by atoms with E-state index >= 15 is 0 Å². The van der Waals surface area contributed by atoms with E-state index in [1.165, 1.54) is 12.2 Å². The molecule has 17 heavy (non-hydrogen) atoms. The number of aliphatic hydroxyl groups is 1. The van der Waals surface area contributed by atoms with Crippen molar-refractivity contribution in [3.05, 3.63) is 48.0 Å². The van der Waals surface area contributed by atoms with Gasteiger partial charge in [-0.2, -0.15) is 0 Å². The number of hydrogen-bond donors (Lipinski definition) is 1. The molecule has 1 N–H and O–H groups in total. The Balaban J connectivity index is 1.73. The summed E-state index contributed by atoms with van der Waals surface area (Å²) in [7, 11) is 0. The lowest BCUT2D eigenvalue weighted by atomic mass is 10.0. The number of hydrogen-bond acceptors (Lipinski definition) is 4. The molecule has 0 bridgehead atoms. The molecule has 88 valence electrons. The highest BCUT2D eigenvalue weighted by atomic mass is 16.6. The Morgan fingerprint density at radius 2 is 1.88 bits per heavy atom. The lowest BCUT2D eigenvalue weighted by Gasteiger charge is -2.21. The van der Waals surface area contributed by atoms with Crippen LogP contribution in [0.15, 0.2) is 42.5 Å². The third-order valence-corrected chi connectivity index (χ3v) is 3.00. The minimum absolute atomic E-state index is 0.0878. The smallest absolute Gasteiger partial charge is 0.330 e. The predicted octanol–water partition coefficient (Wildman–Crippen LogP) is 0.969. The van der Waals surface area contributed by atoms with E-state index < -0.39 is 18.2 Å². The van der Waals surface area contributed by atoms with E-state index in [1.807, 2.05) is 30.3 Å². The second kappa shape index (κ2) is 3.98. The molecule has 1 saturated heterocycles. The van der Waals surface area contributed by atoms with Crippen LogP contribution < -0.4 is 0 Å². The quantitative estimate of drug-likeness (QED) is 0.609. The Bertz CT molecular complexity index is 454. The summed E-state index contributed by atoms with van der Waals surface area (Å²) in [6.45, 7) is 0. The van der Waals surface area contributed by atoms with Gasteiger partial charge < -0.3 is 14.6 Å². The van der Waals surface area contributed by atoms with Crippen molar-refractivity contribution >= 4 is 5.97 Å². The van der Waals surface area contributed by atoms with Gasteiger partial charge in [-0.1, -0.05) is 30.3 Å². The molecule has 0 spiro atoms. The Morgan fingerprint density at radius 3 is 2.65 bits per heavy atom. The second-order valence-corrected chi connectivity index (χ2v) is 4.18. The first kappa shape index (κ1) is 10.5. The summed E-state index contributed by atoms with van der Waals surface area (Å²) >= 11 is 0. The van der Waals surface area contributed by atoms with Gasteiger partial charge in [0.05, 0.1) is 0 Å². The van der Waals surface area contributed by atoms with Crippen molar-refractivity contribution in [1.29, 1.82) is 0 Å². The highest BCUT2D eigenvalue weighted by molar-refractivity contribution is 5.83. The molecule has 0 unspecified atom stereocenters. The third-order valence-electron chi connectivity index (χ3n) is 3.00. The summed E-state index contributed by atoms with van der Waals surface area (Å²) in [5, 5.41) is 9.72. The lowest BCUT2D eigenvalue weighted by Crippen LogP contribution is -2.37. The number of epoxide rings is 1. The van der Waals surface area contributed by atoms with Gasteiger partial charge >= 0.3 is 5.97 Å². The van der Waals surface area contributed by atoms with E-state index in [2.05, 4.69) is 0 Å². The molecule has 0 amide bonds. The summed E-state index contributed by atoms with van der Waals surface area (Å²) < 4.78 is 10.6. The SMILES string of the molecule is O=C1C=C[C@H](O)[C@H]([C@H]2O[C@H]2c2ccccc2)O1. The van der Waals surface area contributed by atoms with Crippen molar-refractivity contribution in [3.63, 3.8) is 0 Å². The zero-order chi connectivity index (χ0) is 11.8. The first-order valence-corrected chi connectivity index (χ1v) is 5.53. The summed E-state index contributed by atoms with van der Waals surface area (Å²) in [6.07, 6.45) is 0.960. The van der Waals surface area contributed by atoms with Crippen LogP contribution in [-0.2, 0) is 14.3 Å². The van der Waals surface area contributed by atoms with Crippen molar-refractivity contribution in [3.8, 4) is 0 Å². The van der Waals surface area contributed by atoms with Gasteiger partial charge in [-0.15, -0.1) is 0 Å². The maximum atomic E-state index is 11.1. The number of esters is 1. The maximum Gasteiger partial charge on any atom is 0.330 e. The molecule has 0 radical (unpaired) electrons. The lowest BCUT2D eigenvalue weighted by molar-refractivity contribution is -0.150. The van der Waals surface area contributed by atoms with Gasteiger partial charge in [0.2, 0.25) is 0 Å². The molecule has 1 aromatic carbocycles. The van der Waals surface area contributed by atoms with Crippen LogP contribution in [0.4, 0.5) is 0 Å². The number of carbonyl (C=O) groups excluding carboxylic acids is 1. The monoisotopic (exact) mass is 232 g/mol. The molecule has 4 heteroatoms. The molecule has 1 aromatic rings. The zero-order valence-corrected chi connectivity index (χ0v) is 9.02. The number of benzene rings is 1. The van der Waals surface area contributed by atoms with Gasteiger partial charge in [0.25, 0.3) is 0 Å². The van der Waals surface area contributed by atoms with Gasteiger partial charge in [-0.25, -0.2) is 4.79 Å². The molecule has 2 heterocycles. The number of ether oxygens (including phenoxy) is 2. The maximum absolute atomic E-state index is 11.1. The van der Waals surface area contributed by atoms with Crippen molar-refractivity contribution in [2.24, 2.45) is 0 Å². The van der Waals surface area contributed by atoms with E-state index in [9.17, 15) is 9.90 Å². The summed E-state index contributed by atoms with van der Waals surface area (Å²) in [6, 6.07) is 9.70. The van der Waals surface area contributed by atoms with Gasteiger partial charge in [0, 0.05) is 6.08 Å². The van der Waals surface area contributed by atoms with Gasteiger partial charge in [-0.05, 0) is 11.6 Å². The molecule has 1 fully saturated rings. The molecule has 0 aliphatic carbocycles. The number of carbonyl (C=O) groups is 1. The van der Waals surface area contributed by atoms with Gasteiger partial charge in [0.1, 0.15) is 18.3 Å². The van der Waals surface area contributed by atoms with Crippen molar-refractivity contribution < 1.29 is 19.4 Å². The van der Waals surface area contributed by atoms with Crippen LogP contribution >= 0.6 is 0 Å². The second-order valence-electron chi connectivity index (χ2n) is 4.18. The first-order chi connectivity index (χ1) is 8.25. The summed E-state index contributed by atoms with van der Waals surface area (Å²) in [4.78, 5) is 11.1. The number of cyclic esters (lactones) is 1. The van der Waals surface area contributed by atoms with Crippen LogP contribution in [0.3, 0.4) is 0 Å². The zero-order valence-electron chi connectivity index (χ0n) is 9.02. The predicted molar refractivity (Wildman–Crippen MR) is 59.1 cm³/mol. The molecule has 0 aromatic heterocycles. The standard InChI is InChI=1S/C13H12O4/c14-9-6-7-10(15)16-12(9)13-11(17-13)8-4-2-1-3-5-8/h1-7,9,11-14H/t9-,11-,12+,13-/m0/s1. The molecule has 0 saturated carbocycles. The summed E-state index contributed by atoms with van der Waals surface area (Å²) in [5.74, 6) is -0.428. The van der Waals surface area contributed by atoms with Crippen LogP contribution in [0, 0.1) is 0 Å². The highest BCUT2D eigenvalue weighted by Crippen LogP contribution is 2.43. The van der Waals surface area contributed by atoms with E-state index in [-0.39, 0.29) is 12.2 Å². The van der Waals surface area contributed by atoms with Crippen LogP contribution in [0.25, 0.3) is 0 Å². The average Bonchev–Trinajstić information content (AvgIpc) is 3.13. The van der Waals surface area contributed by atoms with E-state index in [0.29, 0.717) is 0 Å². The number of rotatable bonds is 2. The molecular weight excluding hydrogens is 220 g/mol. The fourth-order valence-electron chi connectivity index (χ4n) is 2.08. The van der Waals surface area contributed by atoms with Crippen LogP contribution in [0.2, 0.25) is 0 Å². The Kier molecular flexibility index (Phi) is 2.46. The first-order valence-electron chi connectivity index (χ1n) is 5.53. The van der Waals surface area contributed by atoms with Crippen LogP contribution in [-0.4, -0.2) is 29.4 Å². The molecule has 2 aliphatic heterocycles. The van der Waals surface area contributed by atoms with Gasteiger partial charge in [-0.3, -0.25) is 0 Å².